The molecule has 0 saturated heterocycles. The van der Waals surface area contributed by atoms with Crippen LogP contribution in [0.1, 0.15) is 28.7 Å². The van der Waals surface area contributed by atoms with Crippen LogP contribution >= 0.6 is 0 Å². The molecule has 2 aromatic carbocycles. The Labute approximate surface area is 125 Å². The molecule has 2 aromatic rings. The van der Waals surface area contributed by atoms with Crippen molar-refractivity contribution in [3.63, 3.8) is 0 Å². The number of hydrogen-bond donors (Lipinski definition) is 2. The SMILES string of the molecule is Cc1ccc2c(c1)C(NCc1ccccc1)(C(N)=O)CC2. The standard InChI is InChI=1S/C18H20N2O/c1-13-7-8-15-9-10-18(17(19)21,16(15)11-13)20-12-14-5-3-2-4-6-14/h2-8,11,20H,9-10,12H2,1H3,(H2,19,21). The van der Waals surface area contributed by atoms with Gasteiger partial charge in [-0.25, -0.2) is 0 Å². The molecule has 1 amide bonds. The number of nitrogens with one attached hydrogen (secondary N) is 1. The average Bonchev–Trinajstić information content (AvgIpc) is 2.85. The summed E-state index contributed by atoms with van der Waals surface area (Å²) in [6, 6.07) is 16.4. The highest BCUT2D eigenvalue weighted by atomic mass is 16.1. The Kier molecular flexibility index (Phi) is 3.52. The Bertz CT molecular complexity index is 666. The number of rotatable bonds is 4. The number of hydrogen-bond acceptors (Lipinski definition) is 2. The molecule has 1 aliphatic rings. The van der Waals surface area contributed by atoms with E-state index < -0.39 is 5.54 Å². The lowest BCUT2D eigenvalue weighted by molar-refractivity contribution is -0.124. The molecule has 0 aromatic heterocycles. The largest absolute Gasteiger partial charge is 0.368 e. The maximum Gasteiger partial charge on any atom is 0.242 e. The van der Waals surface area contributed by atoms with Crippen molar-refractivity contribution < 1.29 is 4.79 Å². The van der Waals surface area contributed by atoms with Crippen LogP contribution in [-0.4, -0.2) is 5.91 Å². The minimum atomic E-state index is -0.739. The van der Waals surface area contributed by atoms with Gasteiger partial charge in [0.05, 0.1) is 0 Å². The second-order valence-electron chi connectivity index (χ2n) is 5.77. The van der Waals surface area contributed by atoms with Crippen LogP contribution in [0.2, 0.25) is 0 Å². The van der Waals surface area contributed by atoms with Crippen molar-refractivity contribution in [1.29, 1.82) is 0 Å². The predicted molar refractivity (Wildman–Crippen MR) is 83.7 cm³/mol. The summed E-state index contributed by atoms with van der Waals surface area (Å²) in [5.74, 6) is -0.289. The minimum Gasteiger partial charge on any atom is -0.368 e. The maximum atomic E-state index is 12.2. The van der Waals surface area contributed by atoms with Gasteiger partial charge >= 0.3 is 0 Å². The summed E-state index contributed by atoms with van der Waals surface area (Å²) in [5, 5.41) is 3.42. The van der Waals surface area contributed by atoms with Gasteiger partial charge in [-0.2, -0.15) is 0 Å². The zero-order chi connectivity index (χ0) is 14.9. The van der Waals surface area contributed by atoms with E-state index in [1.54, 1.807) is 0 Å². The Hall–Kier alpha value is -2.13. The molecule has 1 aliphatic carbocycles. The van der Waals surface area contributed by atoms with Gasteiger partial charge in [-0.3, -0.25) is 10.1 Å². The van der Waals surface area contributed by atoms with Crippen LogP contribution < -0.4 is 11.1 Å². The van der Waals surface area contributed by atoms with Gasteiger partial charge in [-0.15, -0.1) is 0 Å². The first kappa shape index (κ1) is 13.8. The van der Waals surface area contributed by atoms with E-state index in [4.69, 9.17) is 5.73 Å². The quantitative estimate of drug-likeness (QED) is 0.903. The third-order valence-corrected chi connectivity index (χ3v) is 4.35. The molecule has 3 nitrogen and oxygen atoms in total. The second kappa shape index (κ2) is 5.34. The van der Waals surface area contributed by atoms with E-state index in [2.05, 4.69) is 23.5 Å². The first-order valence-corrected chi connectivity index (χ1v) is 7.31. The summed E-state index contributed by atoms with van der Waals surface area (Å²) in [5.41, 5.74) is 9.60. The highest BCUT2D eigenvalue weighted by molar-refractivity contribution is 5.87. The van der Waals surface area contributed by atoms with Crippen molar-refractivity contribution in [3.8, 4) is 0 Å². The molecule has 0 spiro atoms. The molecule has 0 bridgehead atoms. The van der Waals surface area contributed by atoms with Gasteiger partial charge in [0.25, 0.3) is 0 Å². The van der Waals surface area contributed by atoms with Gasteiger partial charge in [-0.1, -0.05) is 54.1 Å². The number of amides is 1. The van der Waals surface area contributed by atoms with Crippen molar-refractivity contribution in [2.24, 2.45) is 5.73 Å². The summed E-state index contributed by atoms with van der Waals surface area (Å²) in [4.78, 5) is 12.2. The number of benzene rings is 2. The molecular weight excluding hydrogens is 260 g/mol. The van der Waals surface area contributed by atoms with Crippen molar-refractivity contribution in [3.05, 3.63) is 70.8 Å². The Morgan fingerprint density at radius 3 is 2.71 bits per heavy atom. The van der Waals surface area contributed by atoms with Crippen molar-refractivity contribution in [2.75, 3.05) is 0 Å². The zero-order valence-corrected chi connectivity index (χ0v) is 12.2. The molecule has 1 atom stereocenters. The topological polar surface area (TPSA) is 55.1 Å². The van der Waals surface area contributed by atoms with Gasteiger partial charge < -0.3 is 5.73 Å². The van der Waals surface area contributed by atoms with Gasteiger partial charge in [0, 0.05) is 6.54 Å². The molecule has 3 heteroatoms. The van der Waals surface area contributed by atoms with E-state index in [0.29, 0.717) is 6.54 Å². The summed E-state index contributed by atoms with van der Waals surface area (Å²) in [6.45, 7) is 2.68. The van der Waals surface area contributed by atoms with Crippen molar-refractivity contribution in [2.45, 2.75) is 31.8 Å². The normalized spacial score (nSPS) is 20.2. The van der Waals surface area contributed by atoms with E-state index in [-0.39, 0.29) is 5.91 Å². The van der Waals surface area contributed by atoms with Gasteiger partial charge in [-0.05, 0) is 36.5 Å². The summed E-state index contributed by atoms with van der Waals surface area (Å²) < 4.78 is 0. The molecule has 0 aliphatic heterocycles. The monoisotopic (exact) mass is 280 g/mol. The summed E-state index contributed by atoms with van der Waals surface area (Å²) >= 11 is 0. The lowest BCUT2D eigenvalue weighted by Gasteiger charge is -2.29. The maximum absolute atomic E-state index is 12.2. The fourth-order valence-electron chi connectivity index (χ4n) is 3.14. The van der Waals surface area contributed by atoms with E-state index >= 15 is 0 Å². The number of fused-ring (bicyclic) bond motifs is 1. The number of carbonyl (C=O) groups excluding carboxylic acids is 1. The predicted octanol–water partition coefficient (Wildman–Crippen LogP) is 2.41. The van der Waals surface area contributed by atoms with Gasteiger partial charge in [0.15, 0.2) is 0 Å². The fraction of sp³-hybridized carbons (Fsp3) is 0.278. The van der Waals surface area contributed by atoms with Crippen LogP contribution in [0.3, 0.4) is 0 Å². The van der Waals surface area contributed by atoms with Gasteiger partial charge in [0.2, 0.25) is 5.91 Å². The first-order valence-electron chi connectivity index (χ1n) is 7.31. The number of nitrogens with two attached hydrogens (primary N) is 1. The fourth-order valence-corrected chi connectivity index (χ4v) is 3.14. The minimum absolute atomic E-state index is 0.289. The van der Waals surface area contributed by atoms with E-state index in [0.717, 1.165) is 29.5 Å². The van der Waals surface area contributed by atoms with E-state index in [1.165, 1.54) is 5.56 Å². The third-order valence-electron chi connectivity index (χ3n) is 4.35. The van der Waals surface area contributed by atoms with Crippen LogP contribution in [0.5, 0.6) is 0 Å². The van der Waals surface area contributed by atoms with Crippen LogP contribution in [0, 0.1) is 6.92 Å². The molecule has 0 saturated carbocycles. The smallest absolute Gasteiger partial charge is 0.242 e. The van der Waals surface area contributed by atoms with Crippen LogP contribution in [0.25, 0.3) is 0 Å². The molecule has 1 unspecified atom stereocenters. The number of primary amides is 1. The first-order chi connectivity index (χ1) is 10.1. The van der Waals surface area contributed by atoms with Crippen molar-refractivity contribution >= 4 is 5.91 Å². The van der Waals surface area contributed by atoms with Crippen LogP contribution in [-0.2, 0) is 23.3 Å². The molecule has 0 fully saturated rings. The molecule has 21 heavy (non-hydrogen) atoms. The van der Waals surface area contributed by atoms with E-state index in [1.807, 2.05) is 37.3 Å². The Morgan fingerprint density at radius 2 is 2.00 bits per heavy atom. The van der Waals surface area contributed by atoms with Crippen LogP contribution in [0.4, 0.5) is 0 Å². The van der Waals surface area contributed by atoms with Gasteiger partial charge in [0.1, 0.15) is 5.54 Å². The second-order valence-corrected chi connectivity index (χ2v) is 5.77. The Balaban J connectivity index is 1.93. The lowest BCUT2D eigenvalue weighted by atomic mass is 9.89. The summed E-state index contributed by atoms with van der Waals surface area (Å²) in [6.07, 6.45) is 1.62. The van der Waals surface area contributed by atoms with Crippen molar-refractivity contribution in [1.82, 2.24) is 5.32 Å². The molecule has 108 valence electrons. The average molecular weight is 280 g/mol. The molecule has 3 rings (SSSR count). The summed E-state index contributed by atoms with van der Waals surface area (Å²) in [7, 11) is 0. The lowest BCUT2D eigenvalue weighted by Crippen LogP contribution is -2.50. The number of aryl methyl sites for hydroxylation is 2. The molecule has 0 radical (unpaired) electrons. The van der Waals surface area contributed by atoms with E-state index in [9.17, 15) is 4.79 Å². The highest BCUT2D eigenvalue weighted by Gasteiger charge is 2.43. The third kappa shape index (κ3) is 2.45. The number of carbonyl (C=O) groups is 1. The molecule has 0 heterocycles. The van der Waals surface area contributed by atoms with Crippen LogP contribution in [0.15, 0.2) is 48.5 Å². The molecule has 3 N–H and O–H groups in total. The zero-order valence-electron chi connectivity index (χ0n) is 12.2. The Morgan fingerprint density at radius 1 is 1.24 bits per heavy atom. The highest BCUT2D eigenvalue weighted by Crippen LogP contribution is 2.37. The molecular formula is C18H20N2O.